The number of fused-ring (bicyclic) bond motifs is 2. The molecule has 1 aromatic rings. The standard InChI is InChI=1S/C18H21ClO4/c19-12-4-1-11(2-5-12)3-6-16(20)13-9-15-14(17(13)21)10-18(15)22-7-8-23-18/h1-2,4-6,13-15,17,20-21H,3,7-10H2/t13-,14-,15+,17?/m1/s1. The Morgan fingerprint density at radius 3 is 2.65 bits per heavy atom. The quantitative estimate of drug-likeness (QED) is 0.833. The van der Waals surface area contributed by atoms with E-state index >= 15 is 0 Å². The monoisotopic (exact) mass is 336 g/mol. The molecule has 2 saturated carbocycles. The highest BCUT2D eigenvalue weighted by atomic mass is 35.5. The van der Waals surface area contributed by atoms with E-state index in [9.17, 15) is 10.2 Å². The Balaban J connectivity index is 1.43. The van der Waals surface area contributed by atoms with Gasteiger partial charge in [0.25, 0.3) is 0 Å². The summed E-state index contributed by atoms with van der Waals surface area (Å²) < 4.78 is 11.5. The Labute approximate surface area is 140 Å². The number of ether oxygens (including phenoxy) is 2. The highest BCUT2D eigenvalue weighted by molar-refractivity contribution is 6.30. The molecule has 0 radical (unpaired) electrons. The summed E-state index contributed by atoms with van der Waals surface area (Å²) in [6.45, 7) is 1.25. The maximum atomic E-state index is 10.5. The maximum absolute atomic E-state index is 10.5. The Hall–Kier alpha value is -1.07. The fraction of sp³-hybridized carbons (Fsp3) is 0.556. The molecule has 0 bridgehead atoms. The van der Waals surface area contributed by atoms with Crippen molar-refractivity contribution in [3.8, 4) is 0 Å². The molecule has 1 aliphatic heterocycles. The zero-order valence-corrected chi connectivity index (χ0v) is 13.6. The average Bonchev–Trinajstić information content (AvgIpc) is 3.12. The van der Waals surface area contributed by atoms with E-state index in [2.05, 4.69) is 0 Å². The van der Waals surface area contributed by atoms with Crippen molar-refractivity contribution < 1.29 is 19.7 Å². The van der Waals surface area contributed by atoms with Crippen LogP contribution in [0, 0.1) is 17.8 Å². The molecule has 0 aromatic heterocycles. The maximum Gasteiger partial charge on any atom is 0.172 e. The lowest BCUT2D eigenvalue weighted by Crippen LogP contribution is -2.54. The van der Waals surface area contributed by atoms with Crippen molar-refractivity contribution in [3.05, 3.63) is 46.7 Å². The molecule has 4 atom stereocenters. The first kappa shape index (κ1) is 15.5. The number of aliphatic hydroxyl groups excluding tert-OH is 2. The highest BCUT2D eigenvalue weighted by Gasteiger charge is 2.65. The number of benzene rings is 1. The van der Waals surface area contributed by atoms with Crippen molar-refractivity contribution in [1.29, 1.82) is 0 Å². The SMILES string of the molecule is OC(=CCc1ccc(Cl)cc1)[C@H]1C[C@H]2[C@@H](CC23OCCO3)C1O. The van der Waals surface area contributed by atoms with Crippen molar-refractivity contribution in [3.63, 3.8) is 0 Å². The summed E-state index contributed by atoms with van der Waals surface area (Å²) >= 11 is 5.87. The Bertz CT molecular complexity index is 606. The van der Waals surface area contributed by atoms with Gasteiger partial charge in [0, 0.05) is 23.3 Å². The van der Waals surface area contributed by atoms with Crippen LogP contribution in [0.2, 0.25) is 5.02 Å². The molecule has 1 aromatic carbocycles. The van der Waals surface area contributed by atoms with E-state index in [1.54, 1.807) is 6.08 Å². The highest BCUT2D eigenvalue weighted by Crippen LogP contribution is 2.60. The second-order valence-electron chi connectivity index (χ2n) is 6.78. The summed E-state index contributed by atoms with van der Waals surface area (Å²) in [5, 5.41) is 21.6. The van der Waals surface area contributed by atoms with Gasteiger partial charge < -0.3 is 19.7 Å². The lowest BCUT2D eigenvalue weighted by molar-refractivity contribution is -0.275. The molecule has 1 saturated heterocycles. The molecule has 3 fully saturated rings. The van der Waals surface area contributed by atoms with Crippen molar-refractivity contribution >= 4 is 11.6 Å². The summed E-state index contributed by atoms with van der Waals surface area (Å²) in [4.78, 5) is 0. The van der Waals surface area contributed by atoms with E-state index in [-0.39, 0.29) is 23.5 Å². The van der Waals surface area contributed by atoms with Gasteiger partial charge in [0.1, 0.15) is 0 Å². The Morgan fingerprint density at radius 2 is 1.96 bits per heavy atom. The number of hydrogen-bond acceptors (Lipinski definition) is 4. The van der Waals surface area contributed by atoms with Crippen LogP contribution in [-0.2, 0) is 15.9 Å². The number of halogens is 1. The third-order valence-corrected chi connectivity index (χ3v) is 5.83. The fourth-order valence-corrected chi connectivity index (χ4v) is 4.43. The van der Waals surface area contributed by atoms with Crippen molar-refractivity contribution in [2.45, 2.75) is 31.2 Å². The van der Waals surface area contributed by atoms with E-state index in [1.807, 2.05) is 24.3 Å². The molecule has 2 N–H and O–H groups in total. The summed E-state index contributed by atoms with van der Waals surface area (Å²) in [5.74, 6) is -0.0728. The lowest BCUT2D eigenvalue weighted by Gasteiger charge is -2.48. The molecule has 1 heterocycles. The van der Waals surface area contributed by atoms with E-state index < -0.39 is 11.9 Å². The van der Waals surface area contributed by atoms with Crippen LogP contribution in [0.5, 0.6) is 0 Å². The molecule has 3 aliphatic rings. The predicted octanol–water partition coefficient (Wildman–Crippen LogP) is 3.08. The summed E-state index contributed by atoms with van der Waals surface area (Å²) in [5.41, 5.74) is 1.08. The molecule has 4 nitrogen and oxygen atoms in total. The minimum atomic E-state index is -0.514. The molecule has 23 heavy (non-hydrogen) atoms. The first-order valence-electron chi connectivity index (χ1n) is 8.18. The lowest BCUT2D eigenvalue weighted by atomic mass is 9.69. The van der Waals surface area contributed by atoms with Crippen molar-refractivity contribution in [2.75, 3.05) is 13.2 Å². The van der Waals surface area contributed by atoms with Gasteiger partial charge in [0.15, 0.2) is 5.79 Å². The van der Waals surface area contributed by atoms with Gasteiger partial charge in [-0.25, -0.2) is 0 Å². The van der Waals surface area contributed by atoms with Crippen LogP contribution in [-0.4, -0.2) is 35.3 Å². The van der Waals surface area contributed by atoms with Crippen LogP contribution in [0.4, 0.5) is 0 Å². The number of allylic oxidation sites excluding steroid dienone is 1. The zero-order chi connectivity index (χ0) is 16.0. The molecule has 2 aliphatic carbocycles. The van der Waals surface area contributed by atoms with Crippen molar-refractivity contribution in [1.82, 2.24) is 0 Å². The van der Waals surface area contributed by atoms with Gasteiger partial charge in [0.05, 0.1) is 25.1 Å². The molecule has 124 valence electrons. The largest absolute Gasteiger partial charge is 0.512 e. The topological polar surface area (TPSA) is 58.9 Å². The van der Waals surface area contributed by atoms with Gasteiger partial charge in [-0.15, -0.1) is 0 Å². The van der Waals surface area contributed by atoms with Gasteiger partial charge in [-0.3, -0.25) is 0 Å². The average molecular weight is 337 g/mol. The van der Waals surface area contributed by atoms with Crippen molar-refractivity contribution in [2.24, 2.45) is 17.8 Å². The first-order valence-corrected chi connectivity index (χ1v) is 8.56. The van der Waals surface area contributed by atoms with Crippen LogP contribution >= 0.6 is 11.6 Å². The van der Waals surface area contributed by atoms with Crippen LogP contribution in [0.3, 0.4) is 0 Å². The van der Waals surface area contributed by atoms with E-state index in [4.69, 9.17) is 21.1 Å². The normalized spacial score (nSPS) is 35.3. The number of hydrogen-bond donors (Lipinski definition) is 2. The van der Waals surface area contributed by atoms with Crippen LogP contribution in [0.1, 0.15) is 18.4 Å². The van der Waals surface area contributed by atoms with Gasteiger partial charge >= 0.3 is 0 Å². The van der Waals surface area contributed by atoms with E-state index in [1.165, 1.54) is 0 Å². The molecule has 5 heteroatoms. The van der Waals surface area contributed by atoms with Gasteiger partial charge in [-0.1, -0.05) is 23.7 Å². The first-order chi connectivity index (χ1) is 11.1. The minimum absolute atomic E-state index is 0.171. The second-order valence-corrected chi connectivity index (χ2v) is 7.21. The molecular weight excluding hydrogens is 316 g/mol. The summed E-state index contributed by atoms with van der Waals surface area (Å²) in [6, 6.07) is 7.56. The number of rotatable bonds is 3. The minimum Gasteiger partial charge on any atom is -0.512 e. The third kappa shape index (κ3) is 2.58. The fourth-order valence-electron chi connectivity index (χ4n) is 4.30. The van der Waals surface area contributed by atoms with Crippen LogP contribution in [0.25, 0.3) is 0 Å². The summed E-state index contributed by atoms with van der Waals surface area (Å²) in [6.07, 6.45) is 3.36. The second kappa shape index (κ2) is 5.78. The molecule has 1 unspecified atom stereocenters. The molecular formula is C18H21ClO4. The van der Waals surface area contributed by atoms with Gasteiger partial charge in [-0.2, -0.15) is 0 Å². The smallest absolute Gasteiger partial charge is 0.172 e. The molecule has 4 rings (SSSR count). The van der Waals surface area contributed by atoms with E-state index in [0.29, 0.717) is 24.7 Å². The Morgan fingerprint density at radius 1 is 1.26 bits per heavy atom. The zero-order valence-electron chi connectivity index (χ0n) is 12.8. The van der Waals surface area contributed by atoms with Crippen LogP contribution < -0.4 is 0 Å². The van der Waals surface area contributed by atoms with Gasteiger partial charge in [0.2, 0.25) is 0 Å². The predicted molar refractivity (Wildman–Crippen MR) is 86.2 cm³/mol. The molecule has 1 spiro atoms. The van der Waals surface area contributed by atoms with Gasteiger partial charge in [-0.05, 0) is 42.5 Å². The van der Waals surface area contributed by atoms with Crippen LogP contribution in [0.15, 0.2) is 36.1 Å². The third-order valence-electron chi connectivity index (χ3n) is 5.58. The van der Waals surface area contributed by atoms with E-state index in [0.717, 1.165) is 18.4 Å². The number of aliphatic hydroxyl groups is 2. The molecule has 0 amide bonds. The summed E-state index contributed by atoms with van der Waals surface area (Å²) in [7, 11) is 0. The Kier molecular flexibility index (Phi) is 3.88.